The minimum absolute atomic E-state index is 0.626. The quantitative estimate of drug-likeness (QED) is 0.570. The van der Waals surface area contributed by atoms with Crippen molar-refractivity contribution in [3.05, 3.63) is 16.8 Å². The summed E-state index contributed by atoms with van der Waals surface area (Å²) in [6, 6.07) is 2.14. The van der Waals surface area contributed by atoms with E-state index in [1.807, 2.05) is 32.8 Å². The molecule has 14 heavy (non-hydrogen) atoms. The molecule has 0 fully saturated rings. The molecule has 0 aliphatic heterocycles. The molecule has 0 radical (unpaired) electrons. The van der Waals surface area contributed by atoms with E-state index >= 15 is 0 Å². The van der Waals surface area contributed by atoms with Crippen LogP contribution in [0, 0.1) is 25.2 Å². The monoisotopic (exact) mass is 190 g/mol. The summed E-state index contributed by atoms with van der Waals surface area (Å²) in [4.78, 5) is 9.08. The van der Waals surface area contributed by atoms with Crippen LogP contribution in [0.15, 0.2) is 4.99 Å². The molecule has 0 aliphatic carbocycles. The lowest BCUT2D eigenvalue weighted by molar-refractivity contribution is 0.643. The summed E-state index contributed by atoms with van der Waals surface area (Å²) < 4.78 is 0. The van der Waals surface area contributed by atoms with Crippen LogP contribution in [-0.4, -0.2) is 30.3 Å². The maximum atomic E-state index is 8.92. The van der Waals surface area contributed by atoms with Crippen LogP contribution in [0.25, 0.3) is 0 Å². The average Bonchev–Trinajstić information content (AvgIpc) is 2.39. The molecule has 1 aromatic heterocycles. The molecule has 1 aromatic rings. The first-order chi connectivity index (χ1) is 6.56. The zero-order valence-electron chi connectivity index (χ0n) is 8.92. The Bertz CT molecular complexity index is 393. The summed E-state index contributed by atoms with van der Waals surface area (Å²) in [5, 5.41) is 8.92. The number of aryl methyl sites for hydroxylation is 1. The maximum Gasteiger partial charge on any atom is 0.150 e. The average molecular weight is 190 g/mol. The molecule has 0 atom stereocenters. The van der Waals surface area contributed by atoms with Crippen molar-refractivity contribution < 1.29 is 0 Å². The van der Waals surface area contributed by atoms with Gasteiger partial charge in [-0.3, -0.25) is 0 Å². The zero-order valence-corrected chi connectivity index (χ0v) is 8.92. The highest BCUT2D eigenvalue weighted by molar-refractivity contribution is 5.65. The summed E-state index contributed by atoms with van der Waals surface area (Å²) in [5.74, 6) is 0.635. The van der Waals surface area contributed by atoms with Gasteiger partial charge in [0.25, 0.3) is 0 Å². The highest BCUT2D eigenvalue weighted by Gasteiger charge is 2.09. The molecular formula is C10H14N4. The minimum Gasteiger partial charge on any atom is -0.369 e. The molecule has 1 rings (SSSR count). The standard InChI is InChI=1S/C10H14N4/c1-7-8(2)13-10(9(7)5-11)12-6-14(3)4/h6,13H,1-4H3/b12-6+. The summed E-state index contributed by atoms with van der Waals surface area (Å²) in [5.41, 5.74) is 2.59. The fourth-order valence-corrected chi connectivity index (χ4v) is 1.11. The van der Waals surface area contributed by atoms with Crippen molar-refractivity contribution in [2.45, 2.75) is 13.8 Å². The molecule has 0 aromatic carbocycles. The number of nitrogens with one attached hydrogen (secondary N) is 1. The first-order valence-corrected chi connectivity index (χ1v) is 4.36. The Morgan fingerprint density at radius 2 is 2.07 bits per heavy atom. The summed E-state index contributed by atoms with van der Waals surface area (Å²) >= 11 is 0. The van der Waals surface area contributed by atoms with Crippen molar-refractivity contribution in [1.82, 2.24) is 9.88 Å². The van der Waals surface area contributed by atoms with Gasteiger partial charge in [0, 0.05) is 19.8 Å². The Labute approximate surface area is 83.9 Å². The lowest BCUT2D eigenvalue weighted by atomic mass is 10.2. The molecule has 1 N–H and O–H groups in total. The van der Waals surface area contributed by atoms with Gasteiger partial charge < -0.3 is 9.88 Å². The highest BCUT2D eigenvalue weighted by atomic mass is 15.1. The van der Waals surface area contributed by atoms with Crippen LogP contribution in [0.3, 0.4) is 0 Å². The molecule has 0 spiro atoms. The van der Waals surface area contributed by atoms with E-state index in [9.17, 15) is 0 Å². The minimum atomic E-state index is 0.626. The molecular weight excluding hydrogens is 176 g/mol. The highest BCUT2D eigenvalue weighted by Crippen LogP contribution is 2.23. The third-order valence-electron chi connectivity index (χ3n) is 2.01. The number of H-pyrrole nitrogens is 1. The molecule has 74 valence electrons. The van der Waals surface area contributed by atoms with E-state index in [2.05, 4.69) is 16.0 Å². The van der Waals surface area contributed by atoms with E-state index in [1.54, 1.807) is 6.34 Å². The van der Waals surface area contributed by atoms with Crippen LogP contribution in [0.5, 0.6) is 0 Å². The number of aliphatic imine (C=N–C) groups is 1. The first-order valence-electron chi connectivity index (χ1n) is 4.36. The van der Waals surface area contributed by atoms with Crippen LogP contribution in [0.1, 0.15) is 16.8 Å². The van der Waals surface area contributed by atoms with E-state index < -0.39 is 0 Å². The van der Waals surface area contributed by atoms with Gasteiger partial charge in [0.15, 0.2) is 0 Å². The van der Waals surface area contributed by atoms with Gasteiger partial charge in [-0.05, 0) is 19.4 Å². The molecule has 1 heterocycles. The van der Waals surface area contributed by atoms with Gasteiger partial charge in [0.05, 0.1) is 11.9 Å². The van der Waals surface area contributed by atoms with Crippen LogP contribution in [-0.2, 0) is 0 Å². The molecule has 0 amide bonds. The largest absolute Gasteiger partial charge is 0.369 e. The van der Waals surface area contributed by atoms with Crippen molar-refractivity contribution in [2.24, 2.45) is 4.99 Å². The molecule has 0 saturated carbocycles. The molecule has 0 saturated heterocycles. The van der Waals surface area contributed by atoms with Crippen LogP contribution >= 0.6 is 0 Å². The number of aromatic amines is 1. The summed E-state index contributed by atoms with van der Waals surface area (Å²) in [7, 11) is 3.77. The van der Waals surface area contributed by atoms with Gasteiger partial charge in [-0.25, -0.2) is 4.99 Å². The normalized spacial score (nSPS) is 10.5. The van der Waals surface area contributed by atoms with Crippen LogP contribution in [0.2, 0.25) is 0 Å². The van der Waals surface area contributed by atoms with Gasteiger partial charge in [-0.15, -0.1) is 0 Å². The van der Waals surface area contributed by atoms with Crippen molar-refractivity contribution in [2.75, 3.05) is 14.1 Å². The van der Waals surface area contributed by atoms with Crippen molar-refractivity contribution in [1.29, 1.82) is 5.26 Å². The van der Waals surface area contributed by atoms with Crippen molar-refractivity contribution in [3.8, 4) is 6.07 Å². The predicted octanol–water partition coefficient (Wildman–Crippen LogP) is 1.72. The van der Waals surface area contributed by atoms with Crippen LogP contribution in [0.4, 0.5) is 5.82 Å². The Balaban J connectivity index is 3.11. The van der Waals surface area contributed by atoms with E-state index in [1.165, 1.54) is 0 Å². The molecule has 0 bridgehead atoms. The SMILES string of the molecule is Cc1[nH]c(/N=C/N(C)C)c(C#N)c1C. The van der Waals surface area contributed by atoms with Gasteiger partial charge in [-0.1, -0.05) is 0 Å². The number of aromatic nitrogens is 1. The predicted molar refractivity (Wildman–Crippen MR) is 56.8 cm³/mol. The third kappa shape index (κ3) is 1.94. The third-order valence-corrected chi connectivity index (χ3v) is 2.01. The fraction of sp³-hybridized carbons (Fsp3) is 0.400. The van der Waals surface area contributed by atoms with Gasteiger partial charge in [-0.2, -0.15) is 5.26 Å². The lowest BCUT2D eigenvalue weighted by Gasteiger charge is -2.00. The van der Waals surface area contributed by atoms with E-state index in [0.29, 0.717) is 11.4 Å². The lowest BCUT2D eigenvalue weighted by Crippen LogP contribution is -2.07. The second-order valence-electron chi connectivity index (χ2n) is 3.42. The molecule has 0 unspecified atom stereocenters. The van der Waals surface area contributed by atoms with E-state index in [-0.39, 0.29) is 0 Å². The number of nitrogens with zero attached hydrogens (tertiary/aromatic N) is 3. The maximum absolute atomic E-state index is 8.92. The Morgan fingerprint density at radius 1 is 1.43 bits per heavy atom. The molecule has 0 aliphatic rings. The van der Waals surface area contributed by atoms with Gasteiger partial charge in [0.1, 0.15) is 11.9 Å². The first kappa shape index (κ1) is 10.3. The number of hydrogen-bond donors (Lipinski definition) is 1. The molecule has 4 nitrogen and oxygen atoms in total. The van der Waals surface area contributed by atoms with Crippen molar-refractivity contribution in [3.63, 3.8) is 0 Å². The van der Waals surface area contributed by atoms with E-state index in [4.69, 9.17) is 5.26 Å². The topological polar surface area (TPSA) is 55.2 Å². The van der Waals surface area contributed by atoms with E-state index in [0.717, 1.165) is 11.3 Å². The van der Waals surface area contributed by atoms with Gasteiger partial charge >= 0.3 is 0 Å². The number of hydrogen-bond acceptors (Lipinski definition) is 2. The molecule has 4 heteroatoms. The second-order valence-corrected chi connectivity index (χ2v) is 3.42. The summed E-state index contributed by atoms with van der Waals surface area (Å²) in [6.07, 6.45) is 1.67. The van der Waals surface area contributed by atoms with Gasteiger partial charge in [0.2, 0.25) is 0 Å². The Morgan fingerprint density at radius 3 is 2.57 bits per heavy atom. The van der Waals surface area contributed by atoms with Crippen molar-refractivity contribution >= 4 is 12.2 Å². The summed E-state index contributed by atoms with van der Waals surface area (Å²) in [6.45, 7) is 3.85. The zero-order chi connectivity index (χ0) is 10.7. The second kappa shape index (κ2) is 3.97. The smallest absolute Gasteiger partial charge is 0.150 e. The Hall–Kier alpha value is -1.76. The Kier molecular flexibility index (Phi) is 2.92. The number of nitriles is 1. The van der Waals surface area contributed by atoms with Crippen LogP contribution < -0.4 is 0 Å². The number of rotatable bonds is 2. The fourth-order valence-electron chi connectivity index (χ4n) is 1.11.